The summed E-state index contributed by atoms with van der Waals surface area (Å²) in [6, 6.07) is 7.03. The van der Waals surface area contributed by atoms with Gasteiger partial charge in [0.1, 0.15) is 5.75 Å². The van der Waals surface area contributed by atoms with Crippen molar-refractivity contribution >= 4 is 5.91 Å². The van der Waals surface area contributed by atoms with Crippen molar-refractivity contribution in [3.05, 3.63) is 29.8 Å². The third-order valence-electron chi connectivity index (χ3n) is 3.04. The Bertz CT molecular complexity index is 386. The van der Waals surface area contributed by atoms with E-state index in [0.29, 0.717) is 19.8 Å². The van der Waals surface area contributed by atoms with Crippen molar-refractivity contribution in [2.24, 2.45) is 5.92 Å². The Morgan fingerprint density at radius 2 is 2.06 bits per heavy atom. The Kier molecular flexibility index (Phi) is 3.98. The van der Waals surface area contributed by atoms with Crippen LogP contribution in [0.1, 0.15) is 18.4 Å². The molecular formula is C13H17NO3. The summed E-state index contributed by atoms with van der Waals surface area (Å²) in [7, 11) is 0. The lowest BCUT2D eigenvalue weighted by Gasteiger charge is -2.21. The van der Waals surface area contributed by atoms with Gasteiger partial charge in [-0.2, -0.15) is 0 Å². The van der Waals surface area contributed by atoms with E-state index in [-0.39, 0.29) is 17.6 Å². The van der Waals surface area contributed by atoms with Crippen molar-refractivity contribution in [3.63, 3.8) is 0 Å². The molecule has 1 aliphatic rings. The maximum absolute atomic E-state index is 11.8. The maximum atomic E-state index is 11.8. The summed E-state index contributed by atoms with van der Waals surface area (Å²) >= 11 is 0. The van der Waals surface area contributed by atoms with Crippen molar-refractivity contribution in [1.29, 1.82) is 0 Å². The molecule has 92 valence electrons. The average molecular weight is 235 g/mol. The molecule has 0 spiro atoms. The van der Waals surface area contributed by atoms with Gasteiger partial charge < -0.3 is 15.2 Å². The van der Waals surface area contributed by atoms with Crippen molar-refractivity contribution in [3.8, 4) is 5.75 Å². The smallest absolute Gasteiger partial charge is 0.223 e. The third kappa shape index (κ3) is 3.20. The fraction of sp³-hybridized carbons (Fsp3) is 0.462. The minimum atomic E-state index is 0.0506. The normalized spacial score (nSPS) is 16.7. The first-order valence-electron chi connectivity index (χ1n) is 5.89. The van der Waals surface area contributed by atoms with Gasteiger partial charge in [0.2, 0.25) is 5.91 Å². The first-order valence-corrected chi connectivity index (χ1v) is 5.89. The molecule has 1 amide bonds. The highest BCUT2D eigenvalue weighted by atomic mass is 16.5. The van der Waals surface area contributed by atoms with Gasteiger partial charge in [0.15, 0.2) is 0 Å². The summed E-state index contributed by atoms with van der Waals surface area (Å²) < 4.78 is 5.21. The molecule has 2 N–H and O–H groups in total. The topological polar surface area (TPSA) is 58.6 Å². The highest BCUT2D eigenvalue weighted by molar-refractivity contribution is 5.78. The minimum absolute atomic E-state index is 0.0506. The van der Waals surface area contributed by atoms with Crippen molar-refractivity contribution in [2.75, 3.05) is 13.2 Å². The van der Waals surface area contributed by atoms with Crippen LogP contribution < -0.4 is 5.32 Å². The molecule has 1 fully saturated rings. The quantitative estimate of drug-likeness (QED) is 0.833. The van der Waals surface area contributed by atoms with Crippen LogP contribution >= 0.6 is 0 Å². The van der Waals surface area contributed by atoms with E-state index in [2.05, 4.69) is 5.32 Å². The third-order valence-corrected chi connectivity index (χ3v) is 3.04. The lowest BCUT2D eigenvalue weighted by Crippen LogP contribution is -2.33. The van der Waals surface area contributed by atoms with E-state index in [0.717, 1.165) is 18.4 Å². The number of benzene rings is 1. The second-order valence-corrected chi connectivity index (χ2v) is 4.23. The van der Waals surface area contributed by atoms with Gasteiger partial charge in [-0.1, -0.05) is 18.2 Å². The molecule has 17 heavy (non-hydrogen) atoms. The summed E-state index contributed by atoms with van der Waals surface area (Å²) in [5.74, 6) is 0.325. The summed E-state index contributed by atoms with van der Waals surface area (Å²) in [6.07, 6.45) is 1.57. The highest BCUT2D eigenvalue weighted by Crippen LogP contribution is 2.17. The van der Waals surface area contributed by atoms with Gasteiger partial charge in [0, 0.05) is 31.2 Å². The Labute approximate surface area is 101 Å². The fourth-order valence-electron chi connectivity index (χ4n) is 1.95. The van der Waals surface area contributed by atoms with Gasteiger partial charge in [-0.25, -0.2) is 0 Å². The number of hydrogen-bond donors (Lipinski definition) is 2. The summed E-state index contributed by atoms with van der Waals surface area (Å²) in [6.45, 7) is 1.70. The number of amides is 1. The van der Waals surface area contributed by atoms with E-state index >= 15 is 0 Å². The Balaban J connectivity index is 1.85. The van der Waals surface area contributed by atoms with Crippen molar-refractivity contribution in [2.45, 2.75) is 19.4 Å². The van der Waals surface area contributed by atoms with Gasteiger partial charge in [0.05, 0.1) is 0 Å². The Hall–Kier alpha value is -1.55. The molecule has 1 saturated heterocycles. The first-order chi connectivity index (χ1) is 8.27. The number of phenolic OH excluding ortho intramolecular Hbond substituents is 1. The zero-order valence-electron chi connectivity index (χ0n) is 9.69. The lowest BCUT2D eigenvalue weighted by atomic mass is 9.99. The van der Waals surface area contributed by atoms with Gasteiger partial charge in [-0.05, 0) is 18.9 Å². The number of hydrogen-bond acceptors (Lipinski definition) is 3. The van der Waals surface area contributed by atoms with Crippen LogP contribution in [-0.2, 0) is 16.1 Å². The monoisotopic (exact) mass is 235 g/mol. The molecule has 1 aliphatic heterocycles. The molecule has 1 heterocycles. The van der Waals surface area contributed by atoms with Gasteiger partial charge in [-0.3, -0.25) is 4.79 Å². The summed E-state index contributed by atoms with van der Waals surface area (Å²) in [5.41, 5.74) is 0.743. The van der Waals surface area contributed by atoms with E-state index in [4.69, 9.17) is 4.74 Å². The van der Waals surface area contributed by atoms with E-state index in [9.17, 15) is 9.90 Å². The molecular weight excluding hydrogens is 218 g/mol. The first kappa shape index (κ1) is 11.9. The Morgan fingerprint density at radius 3 is 2.76 bits per heavy atom. The molecule has 0 atom stereocenters. The van der Waals surface area contributed by atoms with E-state index in [1.165, 1.54) is 0 Å². The predicted molar refractivity (Wildman–Crippen MR) is 63.5 cm³/mol. The number of ether oxygens (including phenoxy) is 1. The summed E-state index contributed by atoms with van der Waals surface area (Å²) in [5, 5.41) is 12.4. The molecule has 0 unspecified atom stereocenters. The fourth-order valence-corrected chi connectivity index (χ4v) is 1.95. The minimum Gasteiger partial charge on any atom is -0.508 e. The largest absolute Gasteiger partial charge is 0.508 e. The van der Waals surface area contributed by atoms with Crippen LogP contribution in [0.5, 0.6) is 5.75 Å². The molecule has 0 radical (unpaired) electrons. The average Bonchev–Trinajstić information content (AvgIpc) is 2.38. The van der Waals surface area contributed by atoms with Crippen LogP contribution in [0.2, 0.25) is 0 Å². The highest BCUT2D eigenvalue weighted by Gasteiger charge is 2.21. The number of rotatable bonds is 3. The predicted octanol–water partition coefficient (Wildman–Crippen LogP) is 1.43. The molecule has 0 aromatic heterocycles. The van der Waals surface area contributed by atoms with E-state index in [1.54, 1.807) is 18.2 Å². The zero-order valence-corrected chi connectivity index (χ0v) is 9.69. The van der Waals surface area contributed by atoms with Crippen LogP contribution in [0.4, 0.5) is 0 Å². The molecule has 0 bridgehead atoms. The van der Waals surface area contributed by atoms with Crippen molar-refractivity contribution in [1.82, 2.24) is 5.32 Å². The maximum Gasteiger partial charge on any atom is 0.223 e. The number of nitrogens with one attached hydrogen (secondary N) is 1. The molecule has 1 aromatic carbocycles. The number of carbonyl (C=O) groups is 1. The molecule has 1 aromatic rings. The standard InChI is InChI=1S/C13H17NO3/c15-12-4-2-1-3-11(12)9-14-13(16)10-5-7-17-8-6-10/h1-4,10,15H,5-9H2,(H,14,16). The number of para-hydroxylation sites is 1. The number of carbonyl (C=O) groups excluding carboxylic acids is 1. The van der Waals surface area contributed by atoms with Crippen LogP contribution in [0, 0.1) is 5.92 Å². The molecule has 0 aliphatic carbocycles. The van der Waals surface area contributed by atoms with Gasteiger partial charge in [-0.15, -0.1) is 0 Å². The second kappa shape index (κ2) is 5.68. The molecule has 4 nitrogen and oxygen atoms in total. The van der Waals surface area contributed by atoms with Crippen LogP contribution in [-0.4, -0.2) is 24.2 Å². The van der Waals surface area contributed by atoms with Crippen LogP contribution in [0.3, 0.4) is 0 Å². The van der Waals surface area contributed by atoms with E-state index in [1.807, 2.05) is 6.07 Å². The summed E-state index contributed by atoms with van der Waals surface area (Å²) in [4.78, 5) is 11.8. The lowest BCUT2D eigenvalue weighted by molar-refractivity contribution is -0.128. The van der Waals surface area contributed by atoms with Crippen LogP contribution in [0.15, 0.2) is 24.3 Å². The van der Waals surface area contributed by atoms with Crippen LogP contribution in [0.25, 0.3) is 0 Å². The van der Waals surface area contributed by atoms with Crippen molar-refractivity contribution < 1.29 is 14.6 Å². The number of aromatic hydroxyl groups is 1. The Morgan fingerprint density at radius 1 is 1.35 bits per heavy atom. The van der Waals surface area contributed by atoms with Gasteiger partial charge in [0.25, 0.3) is 0 Å². The molecule has 4 heteroatoms. The van der Waals surface area contributed by atoms with E-state index < -0.39 is 0 Å². The molecule has 0 saturated carbocycles. The SMILES string of the molecule is O=C(NCc1ccccc1O)C1CCOCC1. The zero-order chi connectivity index (χ0) is 12.1. The second-order valence-electron chi connectivity index (χ2n) is 4.23. The number of phenols is 1. The molecule has 2 rings (SSSR count). The van der Waals surface area contributed by atoms with Gasteiger partial charge >= 0.3 is 0 Å².